The van der Waals surface area contributed by atoms with Gasteiger partial charge in [0.05, 0.1) is 12.0 Å². The van der Waals surface area contributed by atoms with Crippen molar-refractivity contribution < 1.29 is 33.8 Å². The molecule has 0 unspecified atom stereocenters. The zero-order valence-corrected chi connectivity index (χ0v) is 18.2. The number of anilines is 1. The van der Waals surface area contributed by atoms with Gasteiger partial charge in [0.1, 0.15) is 6.54 Å². The first kappa shape index (κ1) is 23.2. The van der Waals surface area contributed by atoms with Gasteiger partial charge in [-0.15, -0.1) is 0 Å². The van der Waals surface area contributed by atoms with Crippen LogP contribution in [0, 0.1) is 0 Å². The largest absolute Gasteiger partial charge is 0.493 e. The number of amides is 3. The van der Waals surface area contributed by atoms with Crippen molar-refractivity contribution in [3.63, 3.8) is 0 Å². The highest BCUT2D eigenvalue weighted by molar-refractivity contribution is 8.18. The Bertz CT molecular complexity index is 1100. The number of rotatable bonds is 8. The molecule has 11 heteroatoms. The number of hydrogen-bond acceptors (Lipinski definition) is 7. The minimum absolute atomic E-state index is 0.135. The summed E-state index contributed by atoms with van der Waals surface area (Å²) in [4.78, 5) is 48.8. The van der Waals surface area contributed by atoms with E-state index in [1.807, 2.05) is 0 Å². The summed E-state index contributed by atoms with van der Waals surface area (Å²) < 4.78 is 10.3. The Hall–Kier alpha value is -3.50. The van der Waals surface area contributed by atoms with Gasteiger partial charge in [-0.2, -0.15) is 0 Å². The topological polar surface area (TPSA) is 122 Å². The second-order valence-corrected chi connectivity index (χ2v) is 7.85. The van der Waals surface area contributed by atoms with Crippen molar-refractivity contribution in [3.8, 4) is 11.5 Å². The second kappa shape index (κ2) is 10.2. The van der Waals surface area contributed by atoms with E-state index in [0.29, 0.717) is 28.0 Å². The van der Waals surface area contributed by atoms with E-state index in [2.05, 4.69) is 5.32 Å². The lowest BCUT2D eigenvalue weighted by molar-refractivity contribution is -0.139. The molecule has 1 heterocycles. The third-order valence-corrected chi connectivity index (χ3v) is 5.30. The Balaban J connectivity index is 1.70. The van der Waals surface area contributed by atoms with Gasteiger partial charge >= 0.3 is 5.97 Å². The number of carboxylic acids is 1. The molecule has 3 rings (SSSR count). The fourth-order valence-corrected chi connectivity index (χ4v) is 3.66. The molecule has 0 aromatic heterocycles. The number of carboxylic acid groups (broad SMARTS) is 1. The fourth-order valence-electron chi connectivity index (χ4n) is 2.70. The molecule has 2 N–H and O–H groups in total. The van der Waals surface area contributed by atoms with Gasteiger partial charge in [0.2, 0.25) is 5.91 Å². The molecular formula is C21H17ClN2O7S. The lowest BCUT2D eigenvalue weighted by Gasteiger charge is -2.12. The standard InChI is InChI=1S/C21H17ClN2O7S/c1-30-16-8-12(2-7-15(16)31-11-19(26)27)9-17-20(28)24(21(29)32-17)10-18(25)23-14-5-3-13(22)4-6-14/h2-9H,10-11H2,1H3,(H,23,25)(H,26,27)/b17-9+. The van der Waals surface area contributed by atoms with Crippen LogP contribution in [0.3, 0.4) is 0 Å². The molecule has 1 fully saturated rings. The van der Waals surface area contributed by atoms with Crippen molar-refractivity contribution >= 4 is 58.1 Å². The molecular weight excluding hydrogens is 460 g/mol. The van der Waals surface area contributed by atoms with Crippen LogP contribution < -0.4 is 14.8 Å². The van der Waals surface area contributed by atoms with Crippen molar-refractivity contribution in [1.29, 1.82) is 0 Å². The fraction of sp³-hybridized carbons (Fsp3) is 0.143. The van der Waals surface area contributed by atoms with Gasteiger partial charge < -0.3 is 19.9 Å². The van der Waals surface area contributed by atoms with Gasteiger partial charge in [0.15, 0.2) is 18.1 Å². The number of halogens is 1. The molecule has 0 aliphatic carbocycles. The third kappa shape index (κ3) is 5.80. The monoisotopic (exact) mass is 476 g/mol. The average Bonchev–Trinajstić information content (AvgIpc) is 3.01. The van der Waals surface area contributed by atoms with Crippen LogP contribution in [-0.2, 0) is 14.4 Å². The van der Waals surface area contributed by atoms with Crippen molar-refractivity contribution in [2.24, 2.45) is 0 Å². The van der Waals surface area contributed by atoms with Crippen molar-refractivity contribution in [2.75, 3.05) is 25.6 Å². The van der Waals surface area contributed by atoms with Crippen LogP contribution in [0.4, 0.5) is 10.5 Å². The molecule has 2 aromatic rings. The predicted octanol–water partition coefficient (Wildman–Crippen LogP) is 3.49. The molecule has 166 valence electrons. The van der Waals surface area contributed by atoms with E-state index >= 15 is 0 Å². The molecule has 0 radical (unpaired) electrons. The molecule has 0 bridgehead atoms. The van der Waals surface area contributed by atoms with Crippen LogP contribution >= 0.6 is 23.4 Å². The van der Waals surface area contributed by atoms with E-state index in [1.54, 1.807) is 36.4 Å². The number of carbonyl (C=O) groups excluding carboxylic acids is 3. The Morgan fingerprint density at radius 2 is 1.88 bits per heavy atom. The van der Waals surface area contributed by atoms with E-state index < -0.39 is 36.2 Å². The number of nitrogens with one attached hydrogen (secondary N) is 1. The molecule has 0 spiro atoms. The molecule has 0 saturated carbocycles. The Labute approximate surface area is 191 Å². The zero-order chi connectivity index (χ0) is 23.3. The first-order chi connectivity index (χ1) is 15.3. The molecule has 0 atom stereocenters. The molecule has 32 heavy (non-hydrogen) atoms. The minimum atomic E-state index is -1.13. The molecule has 9 nitrogen and oxygen atoms in total. The van der Waals surface area contributed by atoms with Crippen LogP contribution in [-0.4, -0.2) is 53.3 Å². The van der Waals surface area contributed by atoms with Gasteiger partial charge in [-0.05, 0) is 59.8 Å². The predicted molar refractivity (Wildman–Crippen MR) is 119 cm³/mol. The Morgan fingerprint density at radius 1 is 1.16 bits per heavy atom. The maximum absolute atomic E-state index is 12.6. The van der Waals surface area contributed by atoms with E-state index in [-0.39, 0.29) is 16.4 Å². The SMILES string of the molecule is COc1cc(/C=C2/SC(=O)N(CC(=O)Nc3ccc(Cl)cc3)C2=O)ccc1OCC(=O)O. The molecule has 1 aliphatic rings. The van der Waals surface area contributed by atoms with Crippen LogP contribution in [0.1, 0.15) is 5.56 Å². The zero-order valence-electron chi connectivity index (χ0n) is 16.7. The number of ether oxygens (including phenoxy) is 2. The van der Waals surface area contributed by atoms with Crippen molar-refractivity contribution in [3.05, 3.63) is 58.0 Å². The van der Waals surface area contributed by atoms with Gasteiger partial charge in [0.25, 0.3) is 11.1 Å². The lowest BCUT2D eigenvalue weighted by Crippen LogP contribution is -2.36. The Kier molecular flexibility index (Phi) is 7.39. The first-order valence-electron chi connectivity index (χ1n) is 9.10. The van der Waals surface area contributed by atoms with Gasteiger partial charge in [0, 0.05) is 10.7 Å². The number of aliphatic carboxylic acids is 1. The van der Waals surface area contributed by atoms with Crippen LogP contribution in [0.25, 0.3) is 6.08 Å². The summed E-state index contributed by atoms with van der Waals surface area (Å²) in [7, 11) is 1.39. The average molecular weight is 477 g/mol. The van der Waals surface area contributed by atoms with Crippen LogP contribution in [0.5, 0.6) is 11.5 Å². The van der Waals surface area contributed by atoms with E-state index in [9.17, 15) is 19.2 Å². The number of thioether (sulfide) groups is 1. The summed E-state index contributed by atoms with van der Waals surface area (Å²) >= 11 is 6.51. The van der Waals surface area contributed by atoms with E-state index in [1.165, 1.54) is 19.3 Å². The summed E-state index contributed by atoms with van der Waals surface area (Å²) in [6.07, 6.45) is 1.48. The molecule has 3 amide bonds. The molecule has 2 aromatic carbocycles. The summed E-state index contributed by atoms with van der Waals surface area (Å²) in [5.41, 5.74) is 1.01. The number of methoxy groups -OCH3 is 1. The summed E-state index contributed by atoms with van der Waals surface area (Å²) in [5, 5.41) is 11.3. The van der Waals surface area contributed by atoms with Gasteiger partial charge in [-0.25, -0.2) is 4.79 Å². The number of carbonyl (C=O) groups is 4. The first-order valence-corrected chi connectivity index (χ1v) is 10.3. The second-order valence-electron chi connectivity index (χ2n) is 6.42. The number of benzene rings is 2. The Morgan fingerprint density at radius 3 is 2.53 bits per heavy atom. The van der Waals surface area contributed by atoms with E-state index in [0.717, 1.165) is 4.90 Å². The van der Waals surface area contributed by atoms with Gasteiger partial charge in [-0.1, -0.05) is 17.7 Å². The smallest absolute Gasteiger partial charge is 0.341 e. The maximum atomic E-state index is 12.6. The highest BCUT2D eigenvalue weighted by Crippen LogP contribution is 2.34. The van der Waals surface area contributed by atoms with E-state index in [4.69, 9.17) is 26.2 Å². The maximum Gasteiger partial charge on any atom is 0.341 e. The number of nitrogens with zero attached hydrogens (tertiary/aromatic N) is 1. The summed E-state index contributed by atoms with van der Waals surface area (Å²) in [6.45, 7) is -0.970. The van der Waals surface area contributed by atoms with Crippen molar-refractivity contribution in [2.45, 2.75) is 0 Å². The highest BCUT2D eigenvalue weighted by Gasteiger charge is 2.36. The molecule has 1 aliphatic heterocycles. The quantitative estimate of drug-likeness (QED) is 0.555. The van der Waals surface area contributed by atoms with Crippen LogP contribution in [0.15, 0.2) is 47.4 Å². The number of imide groups is 1. The third-order valence-electron chi connectivity index (χ3n) is 4.14. The molecule has 1 saturated heterocycles. The number of hydrogen-bond donors (Lipinski definition) is 2. The summed E-state index contributed by atoms with van der Waals surface area (Å²) in [5.74, 6) is -1.78. The summed E-state index contributed by atoms with van der Waals surface area (Å²) in [6, 6.07) is 11.0. The van der Waals surface area contributed by atoms with Gasteiger partial charge in [-0.3, -0.25) is 19.3 Å². The highest BCUT2D eigenvalue weighted by atomic mass is 35.5. The normalized spacial score (nSPS) is 14.6. The minimum Gasteiger partial charge on any atom is -0.493 e. The van der Waals surface area contributed by atoms with Crippen molar-refractivity contribution in [1.82, 2.24) is 4.90 Å². The lowest BCUT2D eigenvalue weighted by atomic mass is 10.2. The van der Waals surface area contributed by atoms with Crippen LogP contribution in [0.2, 0.25) is 5.02 Å².